The summed E-state index contributed by atoms with van der Waals surface area (Å²) in [5.41, 5.74) is 0.568. The van der Waals surface area contributed by atoms with Gasteiger partial charge in [0.15, 0.2) is 11.6 Å². The Labute approximate surface area is 182 Å². The Hall–Kier alpha value is -4.08. The summed E-state index contributed by atoms with van der Waals surface area (Å²) >= 11 is 0. The van der Waals surface area contributed by atoms with Gasteiger partial charge in [0.05, 0.1) is 21.6 Å². The lowest BCUT2D eigenvalue weighted by molar-refractivity contribution is -0.384. The maximum Gasteiger partial charge on any atom is 0.294 e. The molecule has 0 atom stereocenters. The van der Waals surface area contributed by atoms with Gasteiger partial charge in [-0.15, -0.1) is 0 Å². The Kier molecular flexibility index (Phi) is 5.67. The molecule has 164 valence electrons. The van der Waals surface area contributed by atoms with Gasteiger partial charge in [0.1, 0.15) is 6.54 Å². The first kappa shape index (κ1) is 21.2. The molecule has 2 heterocycles. The molecule has 10 nitrogen and oxygen atoms in total. The molecule has 10 heteroatoms. The average Bonchev–Trinajstić information content (AvgIpc) is 3.30. The van der Waals surface area contributed by atoms with E-state index >= 15 is 0 Å². The number of non-ortho nitro benzene ring substituents is 1. The Morgan fingerprint density at radius 2 is 1.88 bits per heavy atom. The van der Waals surface area contributed by atoms with Crippen molar-refractivity contribution in [2.24, 2.45) is 0 Å². The summed E-state index contributed by atoms with van der Waals surface area (Å²) in [6, 6.07) is 10.6. The first-order valence-electron chi connectivity index (χ1n) is 10.2. The van der Waals surface area contributed by atoms with Crippen molar-refractivity contribution in [3.05, 3.63) is 68.5 Å². The number of hydrogen-bond donors (Lipinski definition) is 1. The SMILES string of the molecule is CC(=O)c1ccccc1NC(=O)Cn1c(=O)c(N2CCCC2)nc2ccc([N+](=O)[O-])cc21. The smallest absolute Gasteiger partial charge is 0.294 e. The molecule has 3 aromatic rings. The number of carbonyl (C=O) groups is 2. The van der Waals surface area contributed by atoms with E-state index in [2.05, 4.69) is 10.3 Å². The van der Waals surface area contributed by atoms with E-state index in [-0.39, 0.29) is 29.3 Å². The van der Waals surface area contributed by atoms with Gasteiger partial charge in [-0.3, -0.25) is 29.1 Å². The van der Waals surface area contributed by atoms with Crippen molar-refractivity contribution in [2.45, 2.75) is 26.3 Å². The fourth-order valence-electron chi connectivity index (χ4n) is 3.85. The van der Waals surface area contributed by atoms with Gasteiger partial charge < -0.3 is 10.2 Å². The summed E-state index contributed by atoms with van der Waals surface area (Å²) in [4.78, 5) is 55.0. The van der Waals surface area contributed by atoms with Crippen molar-refractivity contribution in [2.75, 3.05) is 23.3 Å². The minimum Gasteiger partial charge on any atom is -0.352 e. The summed E-state index contributed by atoms with van der Waals surface area (Å²) in [6.07, 6.45) is 1.86. The Morgan fingerprint density at radius 3 is 2.56 bits per heavy atom. The lowest BCUT2D eigenvalue weighted by Crippen LogP contribution is -2.34. The lowest BCUT2D eigenvalue weighted by Gasteiger charge is -2.19. The molecular weight excluding hydrogens is 414 g/mol. The van der Waals surface area contributed by atoms with Gasteiger partial charge in [-0.25, -0.2) is 4.98 Å². The van der Waals surface area contributed by atoms with Crippen LogP contribution in [0, 0.1) is 10.1 Å². The fourth-order valence-corrected chi connectivity index (χ4v) is 3.85. The van der Waals surface area contributed by atoms with Gasteiger partial charge in [-0.2, -0.15) is 0 Å². The zero-order valence-corrected chi connectivity index (χ0v) is 17.4. The summed E-state index contributed by atoms with van der Waals surface area (Å²) in [5, 5.41) is 13.9. The molecule has 1 saturated heterocycles. The predicted molar refractivity (Wildman–Crippen MR) is 119 cm³/mol. The third kappa shape index (κ3) is 4.07. The van der Waals surface area contributed by atoms with Crippen LogP contribution >= 0.6 is 0 Å². The zero-order valence-electron chi connectivity index (χ0n) is 17.4. The number of aromatic nitrogens is 2. The third-order valence-corrected chi connectivity index (χ3v) is 5.41. The van der Waals surface area contributed by atoms with Crippen LogP contribution in [0.4, 0.5) is 17.2 Å². The number of nitro groups is 1. The summed E-state index contributed by atoms with van der Waals surface area (Å²) in [5.74, 6) is -0.521. The standard InChI is InChI=1S/C22H21N5O5/c1-14(28)16-6-2-3-7-17(16)23-20(29)13-26-19-12-15(27(31)32)8-9-18(19)24-21(22(26)30)25-10-4-5-11-25/h2-3,6-9,12H,4-5,10-11,13H2,1H3,(H,23,29). The first-order chi connectivity index (χ1) is 15.3. The molecule has 0 spiro atoms. The van der Waals surface area contributed by atoms with Gasteiger partial charge in [0.2, 0.25) is 5.91 Å². The summed E-state index contributed by atoms with van der Waals surface area (Å²) in [6.45, 7) is 2.37. The van der Waals surface area contributed by atoms with Crippen LogP contribution < -0.4 is 15.8 Å². The quantitative estimate of drug-likeness (QED) is 0.358. The van der Waals surface area contributed by atoms with E-state index < -0.39 is 16.4 Å². The maximum absolute atomic E-state index is 13.3. The first-order valence-corrected chi connectivity index (χ1v) is 10.2. The van der Waals surface area contributed by atoms with Crippen LogP contribution in [0.2, 0.25) is 0 Å². The van der Waals surface area contributed by atoms with Crippen molar-refractivity contribution < 1.29 is 14.5 Å². The van der Waals surface area contributed by atoms with Gasteiger partial charge in [-0.05, 0) is 38.0 Å². The molecule has 0 saturated carbocycles. The molecule has 0 radical (unpaired) electrons. The highest BCUT2D eigenvalue weighted by molar-refractivity contribution is 6.03. The largest absolute Gasteiger partial charge is 0.352 e. The number of benzene rings is 2. The number of rotatable bonds is 6. The maximum atomic E-state index is 13.3. The molecule has 32 heavy (non-hydrogen) atoms. The number of anilines is 2. The van der Waals surface area contributed by atoms with Crippen LogP contribution in [0.15, 0.2) is 47.3 Å². The van der Waals surface area contributed by atoms with E-state index in [0.29, 0.717) is 29.9 Å². The number of para-hydroxylation sites is 1. The van der Waals surface area contributed by atoms with Gasteiger partial charge in [0.25, 0.3) is 11.2 Å². The van der Waals surface area contributed by atoms with Gasteiger partial charge in [-0.1, -0.05) is 12.1 Å². The summed E-state index contributed by atoms with van der Waals surface area (Å²) < 4.78 is 1.20. The normalized spacial score (nSPS) is 13.3. The molecule has 1 amide bonds. The minimum atomic E-state index is -0.564. The number of nitro benzene ring substituents is 1. The van der Waals surface area contributed by atoms with E-state index in [1.54, 1.807) is 24.3 Å². The van der Waals surface area contributed by atoms with Crippen LogP contribution in [0.5, 0.6) is 0 Å². The van der Waals surface area contributed by atoms with E-state index in [1.807, 2.05) is 4.90 Å². The second kappa shape index (κ2) is 8.58. The van der Waals surface area contributed by atoms with Crippen molar-refractivity contribution in [1.82, 2.24) is 9.55 Å². The monoisotopic (exact) mass is 435 g/mol. The summed E-state index contributed by atoms with van der Waals surface area (Å²) in [7, 11) is 0. The minimum absolute atomic E-state index is 0.196. The van der Waals surface area contributed by atoms with Gasteiger partial charge in [0, 0.05) is 30.8 Å². The molecule has 0 aliphatic carbocycles. The molecule has 0 unspecified atom stereocenters. The van der Waals surface area contributed by atoms with Crippen LogP contribution in [0.25, 0.3) is 11.0 Å². The number of fused-ring (bicyclic) bond motifs is 1. The van der Waals surface area contributed by atoms with E-state index in [9.17, 15) is 24.5 Å². The van der Waals surface area contributed by atoms with Crippen LogP contribution in [-0.4, -0.2) is 39.3 Å². The number of ketones is 1. The highest BCUT2D eigenvalue weighted by Gasteiger charge is 2.22. The third-order valence-electron chi connectivity index (χ3n) is 5.41. The number of nitrogens with one attached hydrogen (secondary N) is 1. The molecule has 1 aliphatic heterocycles. The molecule has 1 aliphatic rings. The fraction of sp³-hybridized carbons (Fsp3) is 0.273. The average molecular weight is 435 g/mol. The lowest BCUT2D eigenvalue weighted by atomic mass is 10.1. The molecule has 1 N–H and O–H groups in total. The molecule has 0 bridgehead atoms. The van der Waals surface area contributed by atoms with Crippen molar-refractivity contribution in [1.29, 1.82) is 0 Å². The second-order valence-electron chi connectivity index (χ2n) is 7.60. The van der Waals surface area contributed by atoms with E-state index in [1.165, 1.54) is 29.7 Å². The second-order valence-corrected chi connectivity index (χ2v) is 7.60. The molecular formula is C22H21N5O5. The number of carbonyl (C=O) groups excluding carboxylic acids is 2. The van der Waals surface area contributed by atoms with Gasteiger partial charge >= 0.3 is 0 Å². The van der Waals surface area contributed by atoms with E-state index in [0.717, 1.165) is 12.8 Å². The Balaban J connectivity index is 1.77. The number of amides is 1. The number of Topliss-reactive ketones (excluding diaryl/α,β-unsaturated/α-hetero) is 1. The molecule has 1 aromatic heterocycles. The van der Waals surface area contributed by atoms with Crippen LogP contribution in [-0.2, 0) is 11.3 Å². The van der Waals surface area contributed by atoms with Crippen molar-refractivity contribution >= 4 is 39.9 Å². The highest BCUT2D eigenvalue weighted by Crippen LogP contribution is 2.23. The Morgan fingerprint density at radius 1 is 1.16 bits per heavy atom. The van der Waals surface area contributed by atoms with Crippen molar-refractivity contribution in [3.8, 4) is 0 Å². The Bertz CT molecular complexity index is 1290. The number of nitrogens with zero attached hydrogens (tertiary/aromatic N) is 4. The number of hydrogen-bond acceptors (Lipinski definition) is 7. The molecule has 4 rings (SSSR count). The topological polar surface area (TPSA) is 127 Å². The van der Waals surface area contributed by atoms with Crippen LogP contribution in [0.1, 0.15) is 30.1 Å². The predicted octanol–water partition coefficient (Wildman–Crippen LogP) is 2.75. The van der Waals surface area contributed by atoms with Crippen molar-refractivity contribution in [3.63, 3.8) is 0 Å². The zero-order chi connectivity index (χ0) is 22.8. The highest BCUT2D eigenvalue weighted by atomic mass is 16.6. The molecule has 2 aromatic carbocycles. The van der Waals surface area contributed by atoms with E-state index in [4.69, 9.17) is 0 Å². The van der Waals surface area contributed by atoms with Crippen LogP contribution in [0.3, 0.4) is 0 Å². The molecule has 1 fully saturated rings.